The number of anilines is 1. The standard InChI is InChI=1S/C18H14N4O/c19-18-11-16(8-9-20-18)23-15-7-6-13-12-21-22(17(13)10-15)14-4-2-1-3-5-14/h1-12H,(H2,19,20). The zero-order valence-corrected chi connectivity index (χ0v) is 12.3. The average molecular weight is 302 g/mol. The average Bonchev–Trinajstić information content (AvgIpc) is 2.99. The summed E-state index contributed by atoms with van der Waals surface area (Å²) in [6, 6.07) is 19.3. The first-order valence-electron chi connectivity index (χ1n) is 7.22. The first kappa shape index (κ1) is 13.3. The Kier molecular flexibility index (Phi) is 3.16. The lowest BCUT2D eigenvalue weighted by Crippen LogP contribution is -1.95. The van der Waals surface area contributed by atoms with Crippen LogP contribution in [0.15, 0.2) is 73.1 Å². The van der Waals surface area contributed by atoms with Crippen molar-refractivity contribution in [3.63, 3.8) is 0 Å². The van der Waals surface area contributed by atoms with Gasteiger partial charge in [0.25, 0.3) is 0 Å². The molecule has 0 saturated carbocycles. The van der Waals surface area contributed by atoms with E-state index < -0.39 is 0 Å². The van der Waals surface area contributed by atoms with Gasteiger partial charge < -0.3 is 10.5 Å². The van der Waals surface area contributed by atoms with Crippen LogP contribution in [0.3, 0.4) is 0 Å². The Labute approximate surface area is 133 Å². The van der Waals surface area contributed by atoms with Gasteiger partial charge in [-0.3, -0.25) is 0 Å². The lowest BCUT2D eigenvalue weighted by molar-refractivity contribution is 0.483. The van der Waals surface area contributed by atoms with Crippen molar-refractivity contribution in [3.05, 3.63) is 73.1 Å². The molecule has 0 aliphatic rings. The van der Waals surface area contributed by atoms with Crippen LogP contribution in [0.1, 0.15) is 0 Å². The van der Waals surface area contributed by atoms with Crippen molar-refractivity contribution in [3.8, 4) is 17.2 Å². The SMILES string of the molecule is Nc1cc(Oc2ccc3cnn(-c4ccccc4)c3c2)ccn1. The van der Waals surface area contributed by atoms with Crippen molar-refractivity contribution in [2.24, 2.45) is 0 Å². The summed E-state index contributed by atoms with van der Waals surface area (Å²) in [6.45, 7) is 0. The molecule has 2 aromatic carbocycles. The maximum Gasteiger partial charge on any atom is 0.132 e. The highest BCUT2D eigenvalue weighted by atomic mass is 16.5. The second-order valence-corrected chi connectivity index (χ2v) is 5.13. The fourth-order valence-electron chi connectivity index (χ4n) is 2.46. The predicted molar refractivity (Wildman–Crippen MR) is 89.8 cm³/mol. The number of hydrogen-bond donors (Lipinski definition) is 1. The minimum absolute atomic E-state index is 0.429. The minimum atomic E-state index is 0.429. The number of pyridine rings is 1. The fraction of sp³-hybridized carbons (Fsp3) is 0. The Hall–Kier alpha value is -3.34. The monoisotopic (exact) mass is 302 g/mol. The van der Waals surface area contributed by atoms with Gasteiger partial charge in [-0.2, -0.15) is 5.10 Å². The largest absolute Gasteiger partial charge is 0.457 e. The molecule has 5 nitrogen and oxygen atoms in total. The molecule has 0 radical (unpaired) electrons. The van der Waals surface area contributed by atoms with Crippen LogP contribution >= 0.6 is 0 Å². The number of nitrogens with zero attached hydrogens (tertiary/aromatic N) is 3. The minimum Gasteiger partial charge on any atom is -0.457 e. The van der Waals surface area contributed by atoms with Gasteiger partial charge in [0.05, 0.1) is 17.4 Å². The van der Waals surface area contributed by atoms with Crippen LogP contribution in [0.5, 0.6) is 11.5 Å². The molecule has 0 unspecified atom stereocenters. The first-order valence-corrected chi connectivity index (χ1v) is 7.22. The van der Waals surface area contributed by atoms with Gasteiger partial charge in [0.1, 0.15) is 17.3 Å². The molecule has 0 saturated heterocycles. The molecule has 0 spiro atoms. The third kappa shape index (κ3) is 2.60. The van der Waals surface area contributed by atoms with Crippen molar-refractivity contribution in [2.45, 2.75) is 0 Å². The van der Waals surface area contributed by atoms with E-state index in [-0.39, 0.29) is 0 Å². The lowest BCUT2D eigenvalue weighted by atomic mass is 10.2. The van der Waals surface area contributed by atoms with Crippen LogP contribution in [-0.2, 0) is 0 Å². The Balaban J connectivity index is 1.75. The van der Waals surface area contributed by atoms with Crippen LogP contribution in [-0.4, -0.2) is 14.8 Å². The fourth-order valence-corrected chi connectivity index (χ4v) is 2.46. The summed E-state index contributed by atoms with van der Waals surface area (Å²) in [7, 11) is 0. The summed E-state index contributed by atoms with van der Waals surface area (Å²) in [5.41, 5.74) is 7.67. The van der Waals surface area contributed by atoms with Crippen LogP contribution in [0.4, 0.5) is 5.82 Å². The quantitative estimate of drug-likeness (QED) is 0.625. The van der Waals surface area contributed by atoms with Gasteiger partial charge in [-0.05, 0) is 30.3 Å². The maximum absolute atomic E-state index is 5.87. The van der Waals surface area contributed by atoms with E-state index in [2.05, 4.69) is 10.1 Å². The summed E-state index contributed by atoms with van der Waals surface area (Å²) < 4.78 is 7.76. The Bertz CT molecular complexity index is 963. The summed E-state index contributed by atoms with van der Waals surface area (Å²) in [5, 5.41) is 5.51. The molecule has 112 valence electrons. The molecule has 0 fully saturated rings. The van der Waals surface area contributed by atoms with Crippen molar-refractivity contribution in [1.29, 1.82) is 0 Å². The maximum atomic E-state index is 5.87. The molecule has 0 aliphatic heterocycles. The topological polar surface area (TPSA) is 66.0 Å². The normalized spacial score (nSPS) is 10.8. The number of aromatic nitrogens is 3. The molecule has 2 aromatic heterocycles. The van der Waals surface area contributed by atoms with E-state index >= 15 is 0 Å². The van der Waals surface area contributed by atoms with E-state index in [4.69, 9.17) is 10.5 Å². The number of benzene rings is 2. The Morgan fingerprint density at radius 2 is 1.74 bits per heavy atom. The highest BCUT2D eigenvalue weighted by molar-refractivity contribution is 5.81. The molecular formula is C18H14N4O. The summed E-state index contributed by atoms with van der Waals surface area (Å²) in [6.07, 6.45) is 3.47. The number of fused-ring (bicyclic) bond motifs is 1. The van der Waals surface area contributed by atoms with Crippen LogP contribution in [0.2, 0.25) is 0 Å². The Morgan fingerprint density at radius 3 is 2.57 bits per heavy atom. The first-order chi connectivity index (χ1) is 11.3. The summed E-state index contributed by atoms with van der Waals surface area (Å²) >= 11 is 0. The van der Waals surface area contributed by atoms with Crippen LogP contribution < -0.4 is 10.5 Å². The van der Waals surface area contributed by atoms with Crippen molar-refractivity contribution in [2.75, 3.05) is 5.73 Å². The van der Waals surface area contributed by atoms with Gasteiger partial charge in [-0.1, -0.05) is 18.2 Å². The second kappa shape index (κ2) is 5.46. The molecule has 0 amide bonds. The number of nitrogen functional groups attached to an aromatic ring is 1. The van der Waals surface area contributed by atoms with E-state index in [1.165, 1.54) is 0 Å². The van der Waals surface area contributed by atoms with E-state index in [0.717, 1.165) is 22.3 Å². The van der Waals surface area contributed by atoms with Crippen molar-refractivity contribution < 1.29 is 4.74 Å². The number of para-hydroxylation sites is 1. The van der Waals surface area contributed by atoms with E-state index in [1.54, 1.807) is 18.3 Å². The van der Waals surface area contributed by atoms with Gasteiger partial charge in [0.15, 0.2) is 0 Å². The van der Waals surface area contributed by atoms with E-state index in [1.807, 2.05) is 59.4 Å². The zero-order valence-electron chi connectivity index (χ0n) is 12.3. The molecule has 2 N–H and O–H groups in total. The zero-order chi connectivity index (χ0) is 15.6. The molecular weight excluding hydrogens is 288 g/mol. The van der Waals surface area contributed by atoms with Gasteiger partial charge in [-0.15, -0.1) is 0 Å². The molecule has 4 aromatic rings. The van der Waals surface area contributed by atoms with Gasteiger partial charge in [0, 0.05) is 23.7 Å². The van der Waals surface area contributed by atoms with Gasteiger partial charge >= 0.3 is 0 Å². The third-order valence-electron chi connectivity index (χ3n) is 3.53. The van der Waals surface area contributed by atoms with Gasteiger partial charge in [-0.25, -0.2) is 9.67 Å². The molecule has 23 heavy (non-hydrogen) atoms. The summed E-state index contributed by atoms with van der Waals surface area (Å²) in [5.74, 6) is 1.81. The van der Waals surface area contributed by atoms with E-state index in [0.29, 0.717) is 11.6 Å². The molecule has 0 bridgehead atoms. The molecule has 0 aliphatic carbocycles. The number of rotatable bonds is 3. The number of hydrogen-bond acceptors (Lipinski definition) is 4. The number of nitrogens with two attached hydrogens (primary N) is 1. The molecule has 0 atom stereocenters. The predicted octanol–water partition coefficient (Wildman–Crippen LogP) is 3.80. The van der Waals surface area contributed by atoms with E-state index in [9.17, 15) is 0 Å². The molecule has 2 heterocycles. The van der Waals surface area contributed by atoms with Crippen LogP contribution in [0.25, 0.3) is 16.6 Å². The highest BCUT2D eigenvalue weighted by Gasteiger charge is 2.07. The van der Waals surface area contributed by atoms with Crippen molar-refractivity contribution >= 4 is 16.7 Å². The highest BCUT2D eigenvalue weighted by Crippen LogP contribution is 2.27. The van der Waals surface area contributed by atoms with Gasteiger partial charge in [0.2, 0.25) is 0 Å². The smallest absolute Gasteiger partial charge is 0.132 e. The molecule has 4 rings (SSSR count). The summed E-state index contributed by atoms with van der Waals surface area (Å²) in [4.78, 5) is 3.96. The Morgan fingerprint density at radius 1 is 0.913 bits per heavy atom. The lowest BCUT2D eigenvalue weighted by Gasteiger charge is -2.07. The van der Waals surface area contributed by atoms with Crippen LogP contribution in [0, 0.1) is 0 Å². The third-order valence-corrected chi connectivity index (χ3v) is 3.53. The number of ether oxygens (including phenoxy) is 1. The molecule has 5 heteroatoms. The van der Waals surface area contributed by atoms with Crippen molar-refractivity contribution in [1.82, 2.24) is 14.8 Å². The second-order valence-electron chi connectivity index (χ2n) is 5.13.